The zero-order valence-electron chi connectivity index (χ0n) is 22.5. The molecular weight excluding hydrogens is 502 g/mol. The van der Waals surface area contributed by atoms with Crippen molar-refractivity contribution in [1.29, 1.82) is 0 Å². The molecule has 1 nitrogen and oxygen atoms in total. The lowest BCUT2D eigenvalue weighted by molar-refractivity contribution is 0.507. The first-order chi connectivity index (χ1) is 19.8. The maximum atomic E-state index is 4.40. The molecule has 4 aliphatic rings. The maximum absolute atomic E-state index is 4.40. The van der Waals surface area contributed by atoms with Crippen LogP contribution in [0.3, 0.4) is 0 Å². The standard InChI is InChI=1S/C38H31NS/c1-2-6-25(7-3-1)26-11-12-27-13-14-28-15-16-29(22-34(28)32(27)19-17-26)30-18-20-36-35(23-30)38-33(9-4-10-37(38)40-36)31-8-5-21-39-24-31/h1-2,4-6,8-15,17-18,20-21,23-24,29,34H,3,7,16,19,22H2. The molecule has 0 fully saturated rings. The van der Waals surface area contributed by atoms with Gasteiger partial charge in [-0.15, -0.1) is 11.3 Å². The highest BCUT2D eigenvalue weighted by atomic mass is 32.1. The van der Waals surface area contributed by atoms with Crippen LogP contribution in [0, 0.1) is 5.92 Å². The van der Waals surface area contributed by atoms with Crippen molar-refractivity contribution in [3.05, 3.63) is 149 Å². The van der Waals surface area contributed by atoms with Gasteiger partial charge < -0.3 is 0 Å². The summed E-state index contributed by atoms with van der Waals surface area (Å²) in [4.78, 5) is 4.40. The molecule has 2 aromatic carbocycles. The second-order valence-corrected chi connectivity index (χ2v) is 12.5. The molecule has 0 N–H and O–H groups in total. The lowest BCUT2D eigenvalue weighted by atomic mass is 9.71. The number of hydrogen-bond donors (Lipinski definition) is 0. The van der Waals surface area contributed by atoms with Gasteiger partial charge in [-0.25, -0.2) is 0 Å². The van der Waals surface area contributed by atoms with Gasteiger partial charge in [0, 0.05) is 44.0 Å². The average molecular weight is 534 g/mol. The molecule has 8 rings (SSSR count). The Labute approximate surface area is 240 Å². The van der Waals surface area contributed by atoms with E-state index >= 15 is 0 Å². The Bertz CT molecular complexity index is 1870. The summed E-state index contributed by atoms with van der Waals surface area (Å²) in [5.74, 6) is 1.03. The highest BCUT2D eigenvalue weighted by molar-refractivity contribution is 7.25. The van der Waals surface area contributed by atoms with Crippen LogP contribution >= 0.6 is 11.3 Å². The van der Waals surface area contributed by atoms with E-state index in [0.29, 0.717) is 11.8 Å². The fourth-order valence-electron chi connectivity index (χ4n) is 7.06. The number of hydrogen-bond acceptors (Lipinski definition) is 2. The molecule has 4 aliphatic carbocycles. The summed E-state index contributed by atoms with van der Waals surface area (Å²) in [7, 11) is 0. The van der Waals surface area contributed by atoms with Crippen LogP contribution in [-0.4, -0.2) is 4.98 Å². The predicted octanol–water partition coefficient (Wildman–Crippen LogP) is 10.6. The predicted molar refractivity (Wildman–Crippen MR) is 171 cm³/mol. The molecule has 2 atom stereocenters. The number of pyridine rings is 1. The van der Waals surface area contributed by atoms with Gasteiger partial charge in [-0.2, -0.15) is 0 Å². The lowest BCUT2D eigenvalue weighted by Crippen LogP contribution is -2.19. The second kappa shape index (κ2) is 9.87. The summed E-state index contributed by atoms with van der Waals surface area (Å²) >= 11 is 1.90. The zero-order chi connectivity index (χ0) is 26.5. The van der Waals surface area contributed by atoms with Crippen molar-refractivity contribution in [2.45, 2.75) is 38.0 Å². The van der Waals surface area contributed by atoms with Crippen molar-refractivity contribution >= 4 is 31.5 Å². The van der Waals surface area contributed by atoms with Crippen LogP contribution in [0.4, 0.5) is 0 Å². The van der Waals surface area contributed by atoms with Crippen LogP contribution < -0.4 is 0 Å². The van der Waals surface area contributed by atoms with E-state index in [-0.39, 0.29) is 0 Å². The number of allylic oxidation sites excluding steroid dienone is 14. The maximum Gasteiger partial charge on any atom is 0.0361 e. The third-order valence-corrected chi connectivity index (χ3v) is 10.3. The van der Waals surface area contributed by atoms with Gasteiger partial charge in [0.15, 0.2) is 0 Å². The summed E-state index contributed by atoms with van der Waals surface area (Å²) in [6.45, 7) is 0. The summed E-state index contributed by atoms with van der Waals surface area (Å²) in [6, 6.07) is 18.2. The van der Waals surface area contributed by atoms with Gasteiger partial charge in [0.05, 0.1) is 0 Å². The molecule has 0 radical (unpaired) electrons. The van der Waals surface area contributed by atoms with Crippen LogP contribution in [-0.2, 0) is 0 Å². The Morgan fingerprint density at radius 1 is 0.900 bits per heavy atom. The van der Waals surface area contributed by atoms with Gasteiger partial charge in [0.2, 0.25) is 0 Å². The molecule has 0 spiro atoms. The molecular formula is C38H31NS. The van der Waals surface area contributed by atoms with Gasteiger partial charge in [0.1, 0.15) is 0 Å². The minimum Gasteiger partial charge on any atom is -0.264 e. The van der Waals surface area contributed by atoms with E-state index in [0.717, 1.165) is 25.7 Å². The molecule has 194 valence electrons. The summed E-state index contributed by atoms with van der Waals surface area (Å²) < 4.78 is 2.72. The van der Waals surface area contributed by atoms with Crippen molar-refractivity contribution in [2.75, 3.05) is 0 Å². The molecule has 2 heteroatoms. The van der Waals surface area contributed by atoms with E-state index in [9.17, 15) is 0 Å². The number of rotatable bonds is 3. The molecule has 40 heavy (non-hydrogen) atoms. The molecule has 2 heterocycles. The number of nitrogens with zero attached hydrogens (tertiary/aromatic N) is 1. The van der Waals surface area contributed by atoms with Crippen LogP contribution in [0.25, 0.3) is 31.3 Å². The number of thiophene rings is 1. The average Bonchev–Trinajstić information content (AvgIpc) is 3.25. The van der Waals surface area contributed by atoms with Crippen LogP contribution in [0.2, 0.25) is 0 Å². The normalized spacial score (nSPS) is 22.1. The van der Waals surface area contributed by atoms with Gasteiger partial charge >= 0.3 is 0 Å². The first-order valence-corrected chi connectivity index (χ1v) is 15.3. The van der Waals surface area contributed by atoms with Crippen molar-refractivity contribution in [3.8, 4) is 11.1 Å². The molecule has 0 aliphatic heterocycles. The number of benzene rings is 2. The summed E-state index contributed by atoms with van der Waals surface area (Å²) in [6.07, 6.45) is 30.7. The quantitative estimate of drug-likeness (QED) is 0.255. The highest BCUT2D eigenvalue weighted by Gasteiger charge is 2.30. The Balaban J connectivity index is 1.14. The van der Waals surface area contributed by atoms with E-state index in [2.05, 4.69) is 102 Å². The van der Waals surface area contributed by atoms with Crippen molar-refractivity contribution in [3.63, 3.8) is 0 Å². The van der Waals surface area contributed by atoms with E-state index in [1.54, 1.807) is 5.57 Å². The van der Waals surface area contributed by atoms with Crippen molar-refractivity contribution in [1.82, 2.24) is 4.98 Å². The molecule has 2 unspecified atom stereocenters. The third kappa shape index (κ3) is 4.10. The SMILES string of the molecule is C1=CCCC(C2=CCC3=C(C=C2)C=CC2=CCC(c4ccc5sc6cccc(-c7cccnc7)c6c5c4)CC23)=C1. The first kappa shape index (κ1) is 23.8. The molecule has 0 saturated heterocycles. The summed E-state index contributed by atoms with van der Waals surface area (Å²) in [5, 5.41) is 2.75. The zero-order valence-corrected chi connectivity index (χ0v) is 23.3. The fraction of sp³-hybridized carbons (Fsp3) is 0.184. The van der Waals surface area contributed by atoms with Gasteiger partial charge in [0.25, 0.3) is 0 Å². The van der Waals surface area contributed by atoms with Crippen LogP contribution in [0.5, 0.6) is 0 Å². The fourth-order valence-corrected chi connectivity index (χ4v) is 8.18. The monoisotopic (exact) mass is 533 g/mol. The van der Waals surface area contributed by atoms with Crippen LogP contribution in [0.1, 0.15) is 43.6 Å². The minimum atomic E-state index is 0.500. The van der Waals surface area contributed by atoms with Crippen molar-refractivity contribution in [2.24, 2.45) is 5.92 Å². The lowest BCUT2D eigenvalue weighted by Gasteiger charge is -2.33. The Morgan fingerprint density at radius 2 is 1.88 bits per heavy atom. The van der Waals surface area contributed by atoms with Gasteiger partial charge in [-0.3, -0.25) is 4.98 Å². The van der Waals surface area contributed by atoms with Gasteiger partial charge in [-0.1, -0.05) is 84.5 Å². The van der Waals surface area contributed by atoms with Crippen molar-refractivity contribution < 1.29 is 0 Å². The van der Waals surface area contributed by atoms with E-state index in [1.807, 2.05) is 29.8 Å². The van der Waals surface area contributed by atoms with Gasteiger partial charge in [-0.05, 0) is 95.7 Å². The molecule has 0 saturated carbocycles. The van der Waals surface area contributed by atoms with E-state index < -0.39 is 0 Å². The topological polar surface area (TPSA) is 12.9 Å². The summed E-state index contributed by atoms with van der Waals surface area (Å²) in [5.41, 5.74) is 11.3. The minimum absolute atomic E-state index is 0.500. The molecule has 0 bridgehead atoms. The Morgan fingerprint density at radius 3 is 2.77 bits per heavy atom. The van der Waals surface area contributed by atoms with E-state index in [1.165, 1.54) is 65.6 Å². The van der Waals surface area contributed by atoms with E-state index in [4.69, 9.17) is 0 Å². The highest BCUT2D eigenvalue weighted by Crippen LogP contribution is 2.47. The molecule has 0 amide bonds. The molecule has 2 aromatic heterocycles. The smallest absolute Gasteiger partial charge is 0.0361 e. The number of aromatic nitrogens is 1. The number of fused-ring (bicyclic) bond motifs is 5. The Kier molecular flexibility index (Phi) is 5.88. The third-order valence-electron chi connectivity index (χ3n) is 9.14. The second-order valence-electron chi connectivity index (χ2n) is 11.4. The Hall–Kier alpha value is -4.01. The largest absolute Gasteiger partial charge is 0.264 e. The van der Waals surface area contributed by atoms with Crippen LogP contribution in [0.15, 0.2) is 143 Å². The molecule has 4 aromatic rings. The first-order valence-electron chi connectivity index (χ1n) is 14.5.